The van der Waals surface area contributed by atoms with Crippen LogP contribution in [-0.2, 0) is 6.54 Å². The third-order valence-corrected chi connectivity index (χ3v) is 2.64. The number of H-pyrrole nitrogens is 1. The van der Waals surface area contributed by atoms with Crippen LogP contribution < -0.4 is 5.73 Å². The summed E-state index contributed by atoms with van der Waals surface area (Å²) in [4.78, 5) is 7.57. The van der Waals surface area contributed by atoms with Gasteiger partial charge in [0.15, 0.2) is 0 Å². The van der Waals surface area contributed by atoms with Crippen molar-refractivity contribution in [2.24, 2.45) is 5.73 Å². The van der Waals surface area contributed by atoms with Crippen LogP contribution in [0.5, 0.6) is 0 Å². The summed E-state index contributed by atoms with van der Waals surface area (Å²) in [5, 5.41) is 0.690. The summed E-state index contributed by atoms with van der Waals surface area (Å²) < 4.78 is 0. The molecule has 0 aliphatic heterocycles. The van der Waals surface area contributed by atoms with Crippen molar-refractivity contribution in [1.82, 2.24) is 9.97 Å². The highest BCUT2D eigenvalue weighted by molar-refractivity contribution is 6.33. The molecule has 1 aromatic heterocycles. The molecule has 0 fully saturated rings. The van der Waals surface area contributed by atoms with Crippen LogP contribution in [0.3, 0.4) is 0 Å². The number of hydrogen-bond acceptors (Lipinski definition) is 2. The van der Waals surface area contributed by atoms with Gasteiger partial charge in [-0.1, -0.05) is 23.7 Å². The van der Waals surface area contributed by atoms with Crippen LogP contribution in [0.15, 0.2) is 24.3 Å². The van der Waals surface area contributed by atoms with Crippen molar-refractivity contribution in [2.75, 3.05) is 0 Å². The number of aromatic nitrogens is 2. The summed E-state index contributed by atoms with van der Waals surface area (Å²) in [7, 11) is 0. The Kier molecular flexibility index (Phi) is 2.75. The molecule has 0 amide bonds. The van der Waals surface area contributed by atoms with Gasteiger partial charge in [-0.3, -0.25) is 0 Å². The molecular formula is C11H12ClN3. The van der Waals surface area contributed by atoms with Gasteiger partial charge in [-0.05, 0) is 19.1 Å². The van der Waals surface area contributed by atoms with Crippen LogP contribution in [0.25, 0.3) is 11.4 Å². The molecule has 3 nitrogen and oxygen atoms in total. The number of halogens is 1. The zero-order valence-electron chi connectivity index (χ0n) is 8.42. The lowest BCUT2D eigenvalue weighted by Crippen LogP contribution is -1.98. The Hall–Kier alpha value is -1.32. The van der Waals surface area contributed by atoms with Crippen molar-refractivity contribution in [3.63, 3.8) is 0 Å². The fraction of sp³-hybridized carbons (Fsp3) is 0.182. The first kappa shape index (κ1) is 10.2. The van der Waals surface area contributed by atoms with Gasteiger partial charge in [0.1, 0.15) is 5.82 Å². The molecule has 0 spiro atoms. The van der Waals surface area contributed by atoms with Gasteiger partial charge in [-0.25, -0.2) is 4.98 Å². The van der Waals surface area contributed by atoms with Crippen LogP contribution in [0.2, 0.25) is 5.02 Å². The molecule has 0 atom stereocenters. The third kappa shape index (κ3) is 1.89. The van der Waals surface area contributed by atoms with Crippen molar-refractivity contribution in [3.8, 4) is 11.4 Å². The summed E-state index contributed by atoms with van der Waals surface area (Å²) in [6, 6.07) is 7.60. The van der Waals surface area contributed by atoms with E-state index in [1.54, 1.807) is 0 Å². The second-order valence-electron chi connectivity index (χ2n) is 3.34. The van der Waals surface area contributed by atoms with E-state index in [2.05, 4.69) is 9.97 Å². The van der Waals surface area contributed by atoms with Crippen molar-refractivity contribution in [2.45, 2.75) is 13.5 Å². The second kappa shape index (κ2) is 4.04. The SMILES string of the molecule is Cc1[nH]c(-c2ccccc2Cl)nc1CN. The maximum absolute atomic E-state index is 6.07. The zero-order chi connectivity index (χ0) is 10.8. The lowest BCUT2D eigenvalue weighted by atomic mass is 10.2. The highest BCUT2D eigenvalue weighted by Gasteiger charge is 2.09. The van der Waals surface area contributed by atoms with Gasteiger partial charge in [-0.2, -0.15) is 0 Å². The molecule has 78 valence electrons. The van der Waals surface area contributed by atoms with E-state index in [0.717, 1.165) is 22.8 Å². The third-order valence-electron chi connectivity index (χ3n) is 2.31. The van der Waals surface area contributed by atoms with Gasteiger partial charge in [0, 0.05) is 17.8 Å². The molecule has 15 heavy (non-hydrogen) atoms. The Morgan fingerprint density at radius 2 is 2.13 bits per heavy atom. The molecular weight excluding hydrogens is 210 g/mol. The van der Waals surface area contributed by atoms with E-state index in [0.29, 0.717) is 11.6 Å². The fourth-order valence-corrected chi connectivity index (χ4v) is 1.70. The first-order valence-corrected chi connectivity index (χ1v) is 5.10. The van der Waals surface area contributed by atoms with E-state index in [1.807, 2.05) is 31.2 Å². The monoisotopic (exact) mass is 221 g/mol. The molecule has 4 heteroatoms. The Labute approximate surface area is 93.3 Å². The number of imidazole rings is 1. The van der Waals surface area contributed by atoms with Crippen LogP contribution >= 0.6 is 11.6 Å². The van der Waals surface area contributed by atoms with Crippen LogP contribution in [0.1, 0.15) is 11.4 Å². The van der Waals surface area contributed by atoms with Gasteiger partial charge in [0.25, 0.3) is 0 Å². The van der Waals surface area contributed by atoms with Gasteiger partial charge in [0.05, 0.1) is 10.7 Å². The lowest BCUT2D eigenvalue weighted by Gasteiger charge is -1.98. The topological polar surface area (TPSA) is 54.7 Å². The summed E-state index contributed by atoms with van der Waals surface area (Å²) in [5.41, 5.74) is 8.34. The highest BCUT2D eigenvalue weighted by atomic mass is 35.5. The minimum absolute atomic E-state index is 0.437. The molecule has 1 heterocycles. The maximum atomic E-state index is 6.07. The van der Waals surface area contributed by atoms with E-state index in [-0.39, 0.29) is 0 Å². The number of aromatic amines is 1. The minimum atomic E-state index is 0.437. The first-order valence-electron chi connectivity index (χ1n) is 4.73. The van der Waals surface area contributed by atoms with E-state index in [4.69, 9.17) is 17.3 Å². The predicted octanol–water partition coefficient (Wildman–Crippen LogP) is 2.50. The smallest absolute Gasteiger partial charge is 0.139 e. The number of hydrogen-bond donors (Lipinski definition) is 2. The van der Waals surface area contributed by atoms with Crippen molar-refractivity contribution < 1.29 is 0 Å². The number of nitrogens with two attached hydrogens (primary N) is 1. The van der Waals surface area contributed by atoms with Crippen molar-refractivity contribution in [3.05, 3.63) is 40.7 Å². The molecule has 0 aliphatic carbocycles. The number of benzene rings is 1. The van der Waals surface area contributed by atoms with Crippen molar-refractivity contribution >= 4 is 11.6 Å². The molecule has 2 rings (SSSR count). The molecule has 0 unspecified atom stereocenters. The number of nitrogens with one attached hydrogen (secondary N) is 1. The van der Waals surface area contributed by atoms with Crippen molar-refractivity contribution in [1.29, 1.82) is 0 Å². The normalized spacial score (nSPS) is 10.6. The number of aryl methyl sites for hydroxylation is 1. The Morgan fingerprint density at radius 1 is 1.40 bits per heavy atom. The molecule has 2 aromatic rings. The average Bonchev–Trinajstić information content (AvgIpc) is 2.60. The lowest BCUT2D eigenvalue weighted by molar-refractivity contribution is 0.993. The van der Waals surface area contributed by atoms with Crippen LogP contribution in [0, 0.1) is 6.92 Å². The highest BCUT2D eigenvalue weighted by Crippen LogP contribution is 2.25. The maximum Gasteiger partial charge on any atom is 0.139 e. The first-order chi connectivity index (χ1) is 7.22. The van der Waals surface area contributed by atoms with Gasteiger partial charge < -0.3 is 10.7 Å². The largest absolute Gasteiger partial charge is 0.342 e. The van der Waals surface area contributed by atoms with E-state index >= 15 is 0 Å². The van der Waals surface area contributed by atoms with Crippen LogP contribution in [0.4, 0.5) is 0 Å². The summed E-state index contributed by atoms with van der Waals surface area (Å²) in [5.74, 6) is 0.776. The van der Waals surface area contributed by atoms with Gasteiger partial charge in [-0.15, -0.1) is 0 Å². The summed E-state index contributed by atoms with van der Waals surface area (Å²) in [6.45, 7) is 2.39. The average molecular weight is 222 g/mol. The van der Waals surface area contributed by atoms with E-state index in [9.17, 15) is 0 Å². The zero-order valence-corrected chi connectivity index (χ0v) is 9.17. The van der Waals surface area contributed by atoms with Crippen LogP contribution in [-0.4, -0.2) is 9.97 Å². The molecule has 0 saturated carbocycles. The second-order valence-corrected chi connectivity index (χ2v) is 3.75. The fourth-order valence-electron chi connectivity index (χ4n) is 1.48. The van der Waals surface area contributed by atoms with Gasteiger partial charge >= 0.3 is 0 Å². The minimum Gasteiger partial charge on any atom is -0.342 e. The quantitative estimate of drug-likeness (QED) is 0.819. The Morgan fingerprint density at radius 3 is 2.73 bits per heavy atom. The molecule has 3 N–H and O–H groups in total. The molecule has 0 radical (unpaired) electrons. The molecule has 0 aliphatic rings. The van der Waals surface area contributed by atoms with E-state index < -0.39 is 0 Å². The number of nitrogens with zero attached hydrogens (tertiary/aromatic N) is 1. The Balaban J connectivity index is 2.50. The predicted molar refractivity (Wildman–Crippen MR) is 61.7 cm³/mol. The molecule has 0 saturated heterocycles. The Bertz CT molecular complexity index is 476. The summed E-state index contributed by atoms with van der Waals surface area (Å²) in [6.07, 6.45) is 0. The van der Waals surface area contributed by atoms with Gasteiger partial charge in [0.2, 0.25) is 0 Å². The number of rotatable bonds is 2. The standard InChI is InChI=1S/C11H12ClN3/c1-7-10(6-13)15-11(14-7)8-4-2-3-5-9(8)12/h2-5H,6,13H2,1H3,(H,14,15). The molecule has 0 bridgehead atoms. The summed E-state index contributed by atoms with van der Waals surface area (Å²) >= 11 is 6.07. The van der Waals surface area contributed by atoms with E-state index in [1.165, 1.54) is 0 Å². The molecule has 1 aromatic carbocycles.